The van der Waals surface area contributed by atoms with Crippen LogP contribution in [0.1, 0.15) is 9.67 Å². The lowest BCUT2D eigenvalue weighted by molar-refractivity contribution is -0.118. The SMILES string of the molecule is CN1C(=C(C#N)C(=O)COC(=O)c2ccc(Br)s2)N(C)c2ccccc21. The molecule has 3 rings (SSSR count). The van der Waals surface area contributed by atoms with E-state index in [1.165, 1.54) is 11.3 Å². The first-order valence-electron chi connectivity index (χ1n) is 7.60. The molecule has 0 fully saturated rings. The second-order valence-corrected chi connectivity index (χ2v) is 7.98. The summed E-state index contributed by atoms with van der Waals surface area (Å²) >= 11 is 4.49. The average molecular weight is 432 g/mol. The highest BCUT2D eigenvalue weighted by Crippen LogP contribution is 2.40. The number of halogens is 1. The molecule has 26 heavy (non-hydrogen) atoms. The van der Waals surface area contributed by atoms with Crippen molar-refractivity contribution in [3.8, 4) is 6.07 Å². The van der Waals surface area contributed by atoms with Crippen LogP contribution in [0.25, 0.3) is 0 Å². The van der Waals surface area contributed by atoms with Gasteiger partial charge in [0.15, 0.2) is 6.61 Å². The van der Waals surface area contributed by atoms with Crippen molar-refractivity contribution in [2.24, 2.45) is 0 Å². The van der Waals surface area contributed by atoms with Crippen molar-refractivity contribution in [3.05, 3.63) is 56.5 Å². The summed E-state index contributed by atoms with van der Waals surface area (Å²) in [5.41, 5.74) is 1.74. The molecule has 0 spiro atoms. The Kier molecular flexibility index (Phi) is 5.11. The third-order valence-corrected chi connectivity index (χ3v) is 5.57. The van der Waals surface area contributed by atoms with Crippen LogP contribution in [0.4, 0.5) is 11.4 Å². The Morgan fingerprint density at radius 1 is 1.15 bits per heavy atom. The molecule has 0 bridgehead atoms. The number of para-hydroxylation sites is 2. The lowest BCUT2D eigenvalue weighted by atomic mass is 10.2. The van der Waals surface area contributed by atoms with Crippen LogP contribution >= 0.6 is 27.3 Å². The number of ether oxygens (including phenoxy) is 1. The van der Waals surface area contributed by atoms with Gasteiger partial charge in [0.25, 0.3) is 0 Å². The van der Waals surface area contributed by atoms with Crippen LogP contribution in [0, 0.1) is 11.3 Å². The van der Waals surface area contributed by atoms with Gasteiger partial charge < -0.3 is 14.5 Å². The van der Waals surface area contributed by atoms with Crippen molar-refractivity contribution in [1.82, 2.24) is 0 Å². The van der Waals surface area contributed by atoms with Crippen LogP contribution in [0.2, 0.25) is 0 Å². The molecule has 0 atom stereocenters. The number of rotatable bonds is 4. The molecule has 0 amide bonds. The summed E-state index contributed by atoms with van der Waals surface area (Å²) in [7, 11) is 3.58. The molecular formula is C18H14BrN3O3S. The Balaban J connectivity index is 1.80. The molecule has 1 aromatic carbocycles. The lowest BCUT2D eigenvalue weighted by Crippen LogP contribution is -2.27. The summed E-state index contributed by atoms with van der Waals surface area (Å²) < 4.78 is 5.87. The topological polar surface area (TPSA) is 73.6 Å². The normalized spacial score (nSPS) is 12.6. The highest BCUT2D eigenvalue weighted by Gasteiger charge is 2.31. The smallest absolute Gasteiger partial charge is 0.348 e. The molecule has 6 nitrogen and oxygen atoms in total. The zero-order valence-corrected chi connectivity index (χ0v) is 16.4. The highest BCUT2D eigenvalue weighted by molar-refractivity contribution is 9.11. The maximum Gasteiger partial charge on any atom is 0.348 e. The molecule has 0 N–H and O–H groups in total. The first-order chi connectivity index (χ1) is 12.4. The number of hydrogen-bond donors (Lipinski definition) is 0. The van der Waals surface area contributed by atoms with Crippen LogP contribution in [0.15, 0.2) is 51.6 Å². The third kappa shape index (κ3) is 3.23. The highest BCUT2D eigenvalue weighted by atomic mass is 79.9. The summed E-state index contributed by atoms with van der Waals surface area (Å²) in [6.45, 7) is -0.487. The first kappa shape index (κ1) is 18.2. The fourth-order valence-electron chi connectivity index (χ4n) is 2.76. The predicted molar refractivity (Wildman–Crippen MR) is 103 cm³/mol. The van der Waals surface area contributed by atoms with Crippen LogP contribution in [-0.2, 0) is 9.53 Å². The Bertz CT molecular complexity index is 930. The van der Waals surface area contributed by atoms with E-state index in [0.717, 1.165) is 15.2 Å². The molecule has 0 saturated heterocycles. The molecule has 2 heterocycles. The Morgan fingerprint density at radius 3 is 2.27 bits per heavy atom. The molecule has 0 saturated carbocycles. The molecule has 8 heteroatoms. The Morgan fingerprint density at radius 2 is 1.77 bits per heavy atom. The zero-order chi connectivity index (χ0) is 18.8. The Labute approximate surface area is 163 Å². The maximum absolute atomic E-state index is 12.5. The fraction of sp³-hybridized carbons (Fsp3) is 0.167. The summed E-state index contributed by atoms with van der Waals surface area (Å²) in [5, 5.41) is 9.53. The van der Waals surface area contributed by atoms with E-state index in [-0.39, 0.29) is 5.57 Å². The van der Waals surface area contributed by atoms with Gasteiger partial charge in [-0.25, -0.2) is 4.79 Å². The number of carbonyl (C=O) groups is 2. The number of thiophene rings is 1. The molecule has 2 aromatic rings. The molecule has 1 aliphatic rings. The fourth-order valence-corrected chi connectivity index (χ4v) is 4.04. The maximum atomic E-state index is 12.5. The van der Waals surface area contributed by atoms with Crippen molar-refractivity contribution < 1.29 is 14.3 Å². The number of fused-ring (bicyclic) bond motifs is 1. The van der Waals surface area contributed by atoms with Gasteiger partial charge in [-0.2, -0.15) is 5.26 Å². The standard InChI is InChI=1S/C18H14BrN3O3S/c1-21-12-5-3-4-6-13(12)22(2)17(21)11(9-20)14(23)10-25-18(24)15-7-8-16(19)26-15/h3-8H,10H2,1-2H3. The molecule has 0 unspecified atom stereocenters. The van der Waals surface area contributed by atoms with Gasteiger partial charge in [-0.15, -0.1) is 11.3 Å². The quantitative estimate of drug-likeness (QED) is 0.418. The van der Waals surface area contributed by atoms with Gasteiger partial charge in [-0.05, 0) is 40.2 Å². The van der Waals surface area contributed by atoms with Crippen LogP contribution < -0.4 is 9.80 Å². The van der Waals surface area contributed by atoms with E-state index in [1.54, 1.807) is 36.0 Å². The molecule has 0 aliphatic carbocycles. The number of hydrogen-bond acceptors (Lipinski definition) is 7. The number of nitriles is 1. The first-order valence-corrected chi connectivity index (χ1v) is 9.21. The van der Waals surface area contributed by atoms with E-state index in [1.807, 2.05) is 30.3 Å². The monoisotopic (exact) mass is 431 g/mol. The second kappa shape index (κ2) is 7.32. The van der Waals surface area contributed by atoms with Gasteiger partial charge in [0.05, 0.1) is 15.2 Å². The van der Waals surface area contributed by atoms with E-state index >= 15 is 0 Å². The van der Waals surface area contributed by atoms with E-state index < -0.39 is 18.4 Å². The van der Waals surface area contributed by atoms with E-state index in [9.17, 15) is 14.9 Å². The minimum absolute atomic E-state index is 0.0497. The van der Waals surface area contributed by atoms with Gasteiger partial charge in [-0.3, -0.25) is 4.79 Å². The number of carbonyl (C=O) groups excluding carboxylic acids is 2. The van der Waals surface area contributed by atoms with Crippen LogP contribution in [0.5, 0.6) is 0 Å². The van der Waals surface area contributed by atoms with Gasteiger partial charge >= 0.3 is 5.97 Å². The predicted octanol–water partition coefficient (Wildman–Crippen LogP) is 3.56. The summed E-state index contributed by atoms with van der Waals surface area (Å²) in [5.74, 6) is -0.667. The van der Waals surface area contributed by atoms with Crippen molar-refractivity contribution in [2.75, 3.05) is 30.5 Å². The summed E-state index contributed by atoms with van der Waals surface area (Å²) in [4.78, 5) is 28.5. The zero-order valence-electron chi connectivity index (χ0n) is 14.0. The minimum atomic E-state index is -0.590. The number of benzene rings is 1. The van der Waals surface area contributed by atoms with Gasteiger partial charge in [0, 0.05) is 14.1 Å². The number of esters is 1. The van der Waals surface area contributed by atoms with Crippen molar-refractivity contribution in [1.29, 1.82) is 5.26 Å². The second-order valence-electron chi connectivity index (χ2n) is 5.52. The third-order valence-electron chi connectivity index (χ3n) is 3.96. The molecule has 132 valence electrons. The largest absolute Gasteiger partial charge is 0.453 e. The minimum Gasteiger partial charge on any atom is -0.453 e. The van der Waals surface area contributed by atoms with Gasteiger partial charge in [-0.1, -0.05) is 12.1 Å². The lowest BCUT2D eigenvalue weighted by Gasteiger charge is -2.19. The average Bonchev–Trinajstić information content (AvgIpc) is 3.18. The Hall–Kier alpha value is -2.63. The van der Waals surface area contributed by atoms with Gasteiger partial charge in [0.2, 0.25) is 5.78 Å². The molecule has 1 aromatic heterocycles. The van der Waals surface area contributed by atoms with Gasteiger partial charge in [0.1, 0.15) is 22.3 Å². The van der Waals surface area contributed by atoms with Crippen molar-refractivity contribution >= 4 is 50.4 Å². The van der Waals surface area contributed by atoms with E-state index in [0.29, 0.717) is 10.7 Å². The van der Waals surface area contributed by atoms with E-state index in [2.05, 4.69) is 15.9 Å². The number of nitrogens with zero attached hydrogens (tertiary/aromatic N) is 3. The number of Topliss-reactive ketones (excluding diaryl/α,β-unsaturated/α-hetero) is 1. The van der Waals surface area contributed by atoms with Crippen LogP contribution in [0.3, 0.4) is 0 Å². The number of anilines is 2. The van der Waals surface area contributed by atoms with Crippen LogP contribution in [-0.4, -0.2) is 32.5 Å². The summed E-state index contributed by atoms with van der Waals surface area (Å²) in [6.07, 6.45) is 0. The molecular weight excluding hydrogens is 418 g/mol. The summed E-state index contributed by atoms with van der Waals surface area (Å²) in [6, 6.07) is 12.9. The van der Waals surface area contributed by atoms with Crippen molar-refractivity contribution in [2.45, 2.75) is 0 Å². The van der Waals surface area contributed by atoms with Crippen molar-refractivity contribution in [3.63, 3.8) is 0 Å². The van der Waals surface area contributed by atoms with E-state index in [4.69, 9.17) is 4.74 Å². The molecule has 1 aliphatic heterocycles. The molecule has 0 radical (unpaired) electrons. The number of ketones is 1.